The fourth-order valence-electron chi connectivity index (χ4n) is 4.79. The lowest BCUT2D eigenvalue weighted by Gasteiger charge is -2.30. The second kappa shape index (κ2) is 9.17. The van der Waals surface area contributed by atoms with Gasteiger partial charge in [0.25, 0.3) is 0 Å². The van der Waals surface area contributed by atoms with Crippen molar-refractivity contribution < 1.29 is 4.79 Å². The molecule has 2 aromatic rings. The third-order valence-electron chi connectivity index (χ3n) is 6.35. The smallest absolute Gasteiger partial charge is 0.315 e. The van der Waals surface area contributed by atoms with E-state index in [1.807, 2.05) is 12.3 Å². The summed E-state index contributed by atoms with van der Waals surface area (Å²) in [5.74, 6) is 1.97. The standard InChI is InChI=1S/C21H30N6O/c28-21(25-18-9-7-17(8-10-18)20-23-14-24-27-20)26-19(16-5-1-2-6-16)12-15-4-3-11-22-13-15/h3-4,11,13-14,16-19H,1-2,5-10,12H2,(H,23,24,27)(H2,25,26,28). The largest absolute Gasteiger partial charge is 0.335 e. The molecule has 2 saturated carbocycles. The molecule has 7 heteroatoms. The van der Waals surface area contributed by atoms with Gasteiger partial charge in [-0.25, -0.2) is 9.78 Å². The molecule has 2 fully saturated rings. The van der Waals surface area contributed by atoms with Gasteiger partial charge >= 0.3 is 6.03 Å². The van der Waals surface area contributed by atoms with Crippen molar-refractivity contribution >= 4 is 6.03 Å². The monoisotopic (exact) mass is 382 g/mol. The third-order valence-corrected chi connectivity index (χ3v) is 6.35. The lowest BCUT2D eigenvalue weighted by Crippen LogP contribution is -2.49. The molecule has 7 nitrogen and oxygen atoms in total. The van der Waals surface area contributed by atoms with Gasteiger partial charge in [0, 0.05) is 30.4 Å². The number of rotatable bonds is 6. The third kappa shape index (κ3) is 4.88. The van der Waals surface area contributed by atoms with Crippen LogP contribution >= 0.6 is 0 Å². The molecule has 0 aliphatic heterocycles. The average Bonchev–Trinajstić information content (AvgIpc) is 3.43. The average molecular weight is 383 g/mol. The minimum atomic E-state index is -0.0242. The van der Waals surface area contributed by atoms with E-state index in [2.05, 4.69) is 36.9 Å². The van der Waals surface area contributed by atoms with E-state index in [0.29, 0.717) is 11.8 Å². The van der Waals surface area contributed by atoms with Crippen LogP contribution in [-0.2, 0) is 6.42 Å². The zero-order chi connectivity index (χ0) is 19.2. The van der Waals surface area contributed by atoms with Crippen LogP contribution in [0.5, 0.6) is 0 Å². The van der Waals surface area contributed by atoms with Crippen molar-refractivity contribution in [2.24, 2.45) is 5.92 Å². The number of H-pyrrole nitrogens is 1. The van der Waals surface area contributed by atoms with Gasteiger partial charge in [-0.2, -0.15) is 5.10 Å². The van der Waals surface area contributed by atoms with E-state index in [-0.39, 0.29) is 18.1 Å². The van der Waals surface area contributed by atoms with Crippen LogP contribution in [0, 0.1) is 5.92 Å². The number of amides is 2. The van der Waals surface area contributed by atoms with Crippen molar-refractivity contribution in [1.82, 2.24) is 30.8 Å². The molecule has 1 atom stereocenters. The highest BCUT2D eigenvalue weighted by molar-refractivity contribution is 5.74. The Morgan fingerprint density at radius 3 is 2.68 bits per heavy atom. The lowest BCUT2D eigenvalue weighted by atomic mass is 9.85. The van der Waals surface area contributed by atoms with E-state index in [9.17, 15) is 4.79 Å². The molecule has 2 aromatic heterocycles. The van der Waals surface area contributed by atoms with E-state index in [0.717, 1.165) is 37.9 Å². The Hall–Kier alpha value is -2.44. The van der Waals surface area contributed by atoms with Gasteiger partial charge < -0.3 is 10.6 Å². The minimum absolute atomic E-state index is 0.0242. The molecular formula is C21H30N6O. The Bertz CT molecular complexity index is 721. The summed E-state index contributed by atoms with van der Waals surface area (Å²) >= 11 is 0. The number of aromatic nitrogens is 4. The number of carbonyl (C=O) groups is 1. The predicted molar refractivity (Wildman–Crippen MR) is 107 cm³/mol. The molecule has 0 spiro atoms. The molecule has 1 unspecified atom stereocenters. The first-order chi connectivity index (χ1) is 13.8. The Balaban J connectivity index is 1.29. The molecular weight excluding hydrogens is 352 g/mol. The van der Waals surface area contributed by atoms with E-state index in [1.165, 1.54) is 31.2 Å². The molecule has 0 bridgehead atoms. The Morgan fingerprint density at radius 2 is 2.00 bits per heavy atom. The first-order valence-electron chi connectivity index (χ1n) is 10.6. The van der Waals surface area contributed by atoms with Crippen molar-refractivity contribution in [1.29, 1.82) is 0 Å². The fraction of sp³-hybridized carbons (Fsp3) is 0.619. The maximum absolute atomic E-state index is 12.7. The van der Waals surface area contributed by atoms with Gasteiger partial charge in [0.1, 0.15) is 12.2 Å². The van der Waals surface area contributed by atoms with Crippen LogP contribution in [0.15, 0.2) is 30.9 Å². The molecule has 3 N–H and O–H groups in total. The number of nitrogens with one attached hydrogen (secondary N) is 3. The fourth-order valence-corrected chi connectivity index (χ4v) is 4.79. The Kier molecular flexibility index (Phi) is 6.19. The van der Waals surface area contributed by atoms with Gasteiger partial charge in [-0.15, -0.1) is 0 Å². The first-order valence-corrected chi connectivity index (χ1v) is 10.6. The van der Waals surface area contributed by atoms with Gasteiger partial charge in [-0.05, 0) is 62.5 Å². The summed E-state index contributed by atoms with van der Waals surface area (Å²) in [5.41, 5.74) is 1.19. The van der Waals surface area contributed by atoms with Crippen LogP contribution in [0.4, 0.5) is 4.79 Å². The minimum Gasteiger partial charge on any atom is -0.335 e. The summed E-state index contributed by atoms with van der Waals surface area (Å²) in [7, 11) is 0. The van der Waals surface area contributed by atoms with Crippen molar-refractivity contribution in [3.8, 4) is 0 Å². The topological polar surface area (TPSA) is 95.6 Å². The molecule has 4 rings (SSSR count). The van der Waals surface area contributed by atoms with Crippen LogP contribution in [0.3, 0.4) is 0 Å². The van der Waals surface area contributed by atoms with Crippen molar-refractivity contribution in [2.75, 3.05) is 0 Å². The molecule has 2 aliphatic carbocycles. The SMILES string of the molecule is O=C(NC1CCC(c2ncn[nH]2)CC1)NC(Cc1cccnc1)C1CCCC1. The van der Waals surface area contributed by atoms with E-state index >= 15 is 0 Å². The predicted octanol–water partition coefficient (Wildman–Crippen LogP) is 3.33. The van der Waals surface area contributed by atoms with Crippen molar-refractivity contribution in [2.45, 2.75) is 75.8 Å². The molecule has 0 radical (unpaired) electrons. The van der Waals surface area contributed by atoms with Crippen LogP contribution in [0.2, 0.25) is 0 Å². The van der Waals surface area contributed by atoms with Crippen LogP contribution in [0.1, 0.15) is 68.7 Å². The van der Waals surface area contributed by atoms with Gasteiger partial charge in [0.05, 0.1) is 0 Å². The van der Waals surface area contributed by atoms with Crippen LogP contribution in [0.25, 0.3) is 0 Å². The number of aromatic amines is 1. The van der Waals surface area contributed by atoms with Crippen LogP contribution in [-0.4, -0.2) is 38.3 Å². The second-order valence-electron chi connectivity index (χ2n) is 8.25. The summed E-state index contributed by atoms with van der Waals surface area (Å²) in [5, 5.41) is 13.4. The Morgan fingerprint density at radius 1 is 1.18 bits per heavy atom. The molecule has 0 aromatic carbocycles. The maximum Gasteiger partial charge on any atom is 0.315 e. The number of urea groups is 1. The molecule has 2 aliphatic rings. The number of nitrogens with zero attached hydrogens (tertiary/aromatic N) is 3. The number of hydrogen-bond acceptors (Lipinski definition) is 4. The highest BCUT2D eigenvalue weighted by atomic mass is 16.2. The molecule has 2 amide bonds. The summed E-state index contributed by atoms with van der Waals surface area (Å²) in [4.78, 5) is 21.2. The molecule has 0 saturated heterocycles. The summed E-state index contributed by atoms with van der Waals surface area (Å²) < 4.78 is 0. The second-order valence-corrected chi connectivity index (χ2v) is 8.25. The molecule has 28 heavy (non-hydrogen) atoms. The van der Waals surface area contributed by atoms with Gasteiger partial charge in [-0.1, -0.05) is 18.9 Å². The number of carbonyl (C=O) groups excluding carboxylic acids is 1. The Labute approximate surface area is 166 Å². The number of pyridine rings is 1. The maximum atomic E-state index is 12.7. The van der Waals surface area contributed by atoms with E-state index < -0.39 is 0 Å². The van der Waals surface area contributed by atoms with Crippen molar-refractivity contribution in [3.63, 3.8) is 0 Å². The zero-order valence-corrected chi connectivity index (χ0v) is 16.3. The number of hydrogen-bond donors (Lipinski definition) is 3. The van der Waals surface area contributed by atoms with E-state index in [1.54, 1.807) is 12.5 Å². The first kappa shape index (κ1) is 18.9. The van der Waals surface area contributed by atoms with Gasteiger partial charge in [0.15, 0.2) is 0 Å². The lowest BCUT2D eigenvalue weighted by molar-refractivity contribution is 0.221. The highest BCUT2D eigenvalue weighted by Crippen LogP contribution is 2.31. The summed E-state index contributed by atoms with van der Waals surface area (Å²) in [6, 6.07) is 4.45. The van der Waals surface area contributed by atoms with Gasteiger partial charge in [-0.3, -0.25) is 10.1 Å². The van der Waals surface area contributed by atoms with Crippen LogP contribution < -0.4 is 10.6 Å². The van der Waals surface area contributed by atoms with Gasteiger partial charge in [0.2, 0.25) is 0 Å². The van der Waals surface area contributed by atoms with E-state index in [4.69, 9.17) is 0 Å². The summed E-state index contributed by atoms with van der Waals surface area (Å²) in [6.07, 6.45) is 15.1. The zero-order valence-electron chi connectivity index (χ0n) is 16.3. The van der Waals surface area contributed by atoms with Crippen molar-refractivity contribution in [3.05, 3.63) is 42.2 Å². The highest BCUT2D eigenvalue weighted by Gasteiger charge is 2.29. The summed E-state index contributed by atoms with van der Waals surface area (Å²) in [6.45, 7) is 0. The molecule has 2 heterocycles. The molecule has 150 valence electrons. The quantitative estimate of drug-likeness (QED) is 0.714. The normalized spacial score (nSPS) is 24.0.